The van der Waals surface area contributed by atoms with Crippen LogP contribution in [0.25, 0.3) is 22.2 Å². The Hall–Kier alpha value is -2.84. The zero-order chi connectivity index (χ0) is 20.2. The van der Waals surface area contributed by atoms with Gasteiger partial charge in [-0.05, 0) is 31.5 Å². The average molecular weight is 395 g/mol. The molecule has 0 unspecified atom stereocenters. The highest BCUT2D eigenvalue weighted by Gasteiger charge is 2.47. The standard InChI is InChI=1S/C21H22FN5O2/c1-2-21(29)17-13(7-10-24-19(17)25-20(21)28)18-12-5-3-4-6-15(12)27(26-18)16-8-9-23-11-14(16)22/h3-7,10,14,16,23,29H,2,8-9,11H2,1H3,(H,24,25,28)/t14-,16+,21-/m1/s1. The minimum Gasteiger partial charge on any atom is -0.375 e. The number of halogens is 1. The van der Waals surface area contributed by atoms with Crippen molar-refractivity contribution in [3.05, 3.63) is 42.1 Å². The number of nitrogens with zero attached hydrogens (tertiary/aromatic N) is 3. The molecule has 1 fully saturated rings. The van der Waals surface area contributed by atoms with Crippen LogP contribution in [0.2, 0.25) is 0 Å². The monoisotopic (exact) mass is 395 g/mol. The van der Waals surface area contributed by atoms with E-state index in [9.17, 15) is 14.3 Å². The highest BCUT2D eigenvalue weighted by molar-refractivity contribution is 6.07. The third kappa shape index (κ3) is 2.59. The third-order valence-electron chi connectivity index (χ3n) is 6.04. The molecule has 3 atom stereocenters. The molecule has 2 aromatic heterocycles. The van der Waals surface area contributed by atoms with E-state index in [2.05, 4.69) is 15.6 Å². The Morgan fingerprint density at radius 1 is 1.34 bits per heavy atom. The zero-order valence-corrected chi connectivity index (χ0v) is 16.0. The topological polar surface area (TPSA) is 92.1 Å². The van der Waals surface area contributed by atoms with E-state index < -0.39 is 17.7 Å². The van der Waals surface area contributed by atoms with E-state index in [1.54, 1.807) is 23.9 Å². The van der Waals surface area contributed by atoms with Crippen LogP contribution in [0.4, 0.5) is 10.2 Å². The van der Waals surface area contributed by atoms with Crippen LogP contribution in [0.1, 0.15) is 31.4 Å². The maximum Gasteiger partial charge on any atom is 0.262 e. The maximum absolute atomic E-state index is 14.7. The summed E-state index contributed by atoms with van der Waals surface area (Å²) in [6.07, 6.45) is 1.40. The first-order valence-corrected chi connectivity index (χ1v) is 9.90. The number of para-hydroxylation sites is 1. The van der Waals surface area contributed by atoms with E-state index in [0.29, 0.717) is 35.6 Å². The van der Waals surface area contributed by atoms with Gasteiger partial charge in [-0.3, -0.25) is 9.48 Å². The highest BCUT2D eigenvalue weighted by Crippen LogP contribution is 2.44. The van der Waals surface area contributed by atoms with Gasteiger partial charge in [-0.25, -0.2) is 9.37 Å². The molecule has 0 bridgehead atoms. The Bertz CT molecular complexity index is 1110. The number of alkyl halides is 1. The molecule has 150 valence electrons. The normalized spacial score (nSPS) is 26.5. The fourth-order valence-corrected chi connectivity index (χ4v) is 4.46. The number of hydrogen-bond donors (Lipinski definition) is 3. The molecule has 5 rings (SSSR count). The smallest absolute Gasteiger partial charge is 0.262 e. The summed E-state index contributed by atoms with van der Waals surface area (Å²) >= 11 is 0. The number of fused-ring (bicyclic) bond motifs is 2. The van der Waals surface area contributed by atoms with Gasteiger partial charge in [-0.2, -0.15) is 5.10 Å². The fraction of sp³-hybridized carbons (Fsp3) is 0.381. The number of hydrogen-bond acceptors (Lipinski definition) is 5. The summed E-state index contributed by atoms with van der Waals surface area (Å²) in [6.45, 7) is 2.78. The first-order valence-electron chi connectivity index (χ1n) is 9.90. The number of rotatable bonds is 3. The van der Waals surface area contributed by atoms with E-state index in [1.807, 2.05) is 24.3 Å². The lowest BCUT2D eigenvalue weighted by atomic mass is 9.88. The number of anilines is 1. The molecule has 3 N–H and O–H groups in total. The molecule has 4 heterocycles. The number of aromatic nitrogens is 3. The van der Waals surface area contributed by atoms with Gasteiger partial charge >= 0.3 is 0 Å². The Morgan fingerprint density at radius 3 is 2.97 bits per heavy atom. The molecular weight excluding hydrogens is 373 g/mol. The summed E-state index contributed by atoms with van der Waals surface area (Å²) in [5.74, 6) is -0.137. The molecule has 1 saturated heterocycles. The molecule has 1 aromatic carbocycles. The lowest BCUT2D eigenvalue weighted by Crippen LogP contribution is -2.39. The van der Waals surface area contributed by atoms with Gasteiger partial charge in [0, 0.05) is 29.3 Å². The van der Waals surface area contributed by atoms with Crippen LogP contribution in [0.3, 0.4) is 0 Å². The molecule has 0 radical (unpaired) electrons. The van der Waals surface area contributed by atoms with Crippen molar-refractivity contribution in [1.82, 2.24) is 20.1 Å². The maximum atomic E-state index is 14.7. The molecule has 2 aliphatic heterocycles. The van der Waals surface area contributed by atoms with Crippen molar-refractivity contribution >= 4 is 22.6 Å². The van der Waals surface area contributed by atoms with E-state index in [0.717, 1.165) is 17.4 Å². The van der Waals surface area contributed by atoms with Gasteiger partial charge in [0.25, 0.3) is 5.91 Å². The predicted octanol–water partition coefficient (Wildman–Crippen LogP) is 2.52. The second-order valence-corrected chi connectivity index (χ2v) is 7.64. The predicted molar refractivity (Wildman–Crippen MR) is 107 cm³/mol. The van der Waals surface area contributed by atoms with Gasteiger partial charge in [0.2, 0.25) is 0 Å². The summed E-state index contributed by atoms with van der Waals surface area (Å²) in [5.41, 5.74) is 0.858. The second kappa shape index (κ2) is 6.60. The van der Waals surface area contributed by atoms with Crippen molar-refractivity contribution in [2.45, 2.75) is 37.6 Å². The van der Waals surface area contributed by atoms with Crippen LogP contribution < -0.4 is 10.6 Å². The lowest BCUT2D eigenvalue weighted by molar-refractivity contribution is -0.133. The molecule has 3 aromatic rings. The Labute approximate surface area is 166 Å². The molecule has 0 spiro atoms. The number of benzene rings is 1. The van der Waals surface area contributed by atoms with Gasteiger partial charge in [-0.15, -0.1) is 0 Å². The second-order valence-electron chi connectivity index (χ2n) is 7.64. The van der Waals surface area contributed by atoms with E-state index >= 15 is 0 Å². The third-order valence-corrected chi connectivity index (χ3v) is 6.04. The molecule has 0 saturated carbocycles. The molecule has 8 heteroatoms. The van der Waals surface area contributed by atoms with Crippen molar-refractivity contribution in [2.24, 2.45) is 0 Å². The fourth-order valence-electron chi connectivity index (χ4n) is 4.46. The number of nitrogens with one attached hydrogen (secondary N) is 2. The first-order chi connectivity index (χ1) is 14.0. The van der Waals surface area contributed by atoms with Crippen LogP contribution in [0.15, 0.2) is 36.5 Å². The van der Waals surface area contributed by atoms with Crippen molar-refractivity contribution in [3.63, 3.8) is 0 Å². The molecular formula is C21H22FN5O2. The summed E-state index contributed by atoms with van der Waals surface area (Å²) in [4.78, 5) is 16.7. The Morgan fingerprint density at radius 2 is 2.17 bits per heavy atom. The largest absolute Gasteiger partial charge is 0.375 e. The van der Waals surface area contributed by atoms with Crippen molar-refractivity contribution in [1.29, 1.82) is 0 Å². The summed E-state index contributed by atoms with van der Waals surface area (Å²) in [7, 11) is 0. The lowest BCUT2D eigenvalue weighted by Gasteiger charge is -2.27. The number of piperidine rings is 1. The summed E-state index contributed by atoms with van der Waals surface area (Å²) < 4.78 is 16.5. The molecule has 0 aliphatic carbocycles. The highest BCUT2D eigenvalue weighted by atomic mass is 19.1. The van der Waals surface area contributed by atoms with Gasteiger partial charge in [0.1, 0.15) is 17.7 Å². The average Bonchev–Trinajstić information content (AvgIpc) is 3.24. The SMILES string of the molecule is CC[C@]1(O)C(=O)Nc2nccc(-c3nn([C@H]4CCNC[C@H]4F)c4ccccc34)c21. The molecule has 2 aliphatic rings. The van der Waals surface area contributed by atoms with E-state index in [-0.39, 0.29) is 12.5 Å². The van der Waals surface area contributed by atoms with Gasteiger partial charge in [0.05, 0.1) is 11.6 Å². The molecule has 29 heavy (non-hydrogen) atoms. The minimum atomic E-state index is -1.67. The van der Waals surface area contributed by atoms with Crippen molar-refractivity contribution < 1.29 is 14.3 Å². The Balaban J connectivity index is 1.75. The number of carbonyl (C=O) groups excluding carboxylic acids is 1. The van der Waals surface area contributed by atoms with Gasteiger partial charge in [0.15, 0.2) is 5.60 Å². The van der Waals surface area contributed by atoms with Crippen LogP contribution in [0, 0.1) is 0 Å². The molecule has 7 nitrogen and oxygen atoms in total. The van der Waals surface area contributed by atoms with Gasteiger partial charge in [-0.1, -0.05) is 25.1 Å². The Kier molecular flexibility index (Phi) is 4.15. The number of pyridine rings is 1. The van der Waals surface area contributed by atoms with E-state index in [4.69, 9.17) is 5.10 Å². The van der Waals surface area contributed by atoms with Gasteiger partial charge < -0.3 is 15.7 Å². The van der Waals surface area contributed by atoms with Crippen LogP contribution in [0.5, 0.6) is 0 Å². The van der Waals surface area contributed by atoms with Crippen LogP contribution >= 0.6 is 0 Å². The van der Waals surface area contributed by atoms with Crippen molar-refractivity contribution in [2.75, 3.05) is 18.4 Å². The number of carbonyl (C=O) groups is 1. The first kappa shape index (κ1) is 18.2. The van der Waals surface area contributed by atoms with Crippen LogP contribution in [-0.4, -0.2) is 45.0 Å². The quantitative estimate of drug-likeness (QED) is 0.634. The molecule has 1 amide bonds. The minimum absolute atomic E-state index is 0.212. The zero-order valence-electron chi connectivity index (χ0n) is 16.0. The van der Waals surface area contributed by atoms with E-state index in [1.165, 1.54) is 0 Å². The number of aliphatic hydroxyl groups is 1. The number of amides is 1. The summed E-state index contributed by atoms with van der Waals surface area (Å²) in [6, 6.07) is 9.07. The van der Waals surface area contributed by atoms with Crippen molar-refractivity contribution in [3.8, 4) is 11.3 Å². The summed E-state index contributed by atoms with van der Waals surface area (Å²) in [5, 5.41) is 22.5. The van der Waals surface area contributed by atoms with Crippen LogP contribution in [-0.2, 0) is 10.4 Å².